The normalized spacial score (nSPS) is 14.0. The largest absolute Gasteiger partial charge is 0.455 e. The van der Waals surface area contributed by atoms with Gasteiger partial charge in [-0.05, 0) is 18.9 Å². The lowest BCUT2D eigenvalue weighted by Crippen LogP contribution is -2.14. The third kappa shape index (κ3) is 3.44. The lowest BCUT2D eigenvalue weighted by atomic mass is 10.2. The van der Waals surface area contributed by atoms with Crippen LogP contribution in [0.2, 0.25) is 0 Å². The van der Waals surface area contributed by atoms with Gasteiger partial charge >= 0.3 is 0 Å². The molecule has 0 atom stereocenters. The van der Waals surface area contributed by atoms with Crippen LogP contribution in [0, 0.1) is 5.92 Å². The number of anilines is 1. The van der Waals surface area contributed by atoms with Gasteiger partial charge in [0.05, 0.1) is 11.8 Å². The van der Waals surface area contributed by atoms with Crippen LogP contribution in [-0.2, 0) is 11.8 Å². The van der Waals surface area contributed by atoms with Crippen LogP contribution in [0.3, 0.4) is 0 Å². The van der Waals surface area contributed by atoms with Crippen molar-refractivity contribution in [3.8, 4) is 11.5 Å². The zero-order valence-corrected chi connectivity index (χ0v) is 15.1. The fraction of sp³-hybridized carbons (Fsp3) is 0.294. The van der Waals surface area contributed by atoms with Gasteiger partial charge in [0.25, 0.3) is 6.43 Å². The first kappa shape index (κ1) is 17.7. The topological polar surface area (TPSA) is 81.9 Å². The van der Waals surface area contributed by atoms with Crippen LogP contribution in [-0.4, -0.2) is 25.4 Å². The highest BCUT2D eigenvalue weighted by molar-refractivity contribution is 7.80. The molecular formula is C17H15F2N5O2S. The molecule has 1 fully saturated rings. The van der Waals surface area contributed by atoms with Gasteiger partial charge in [-0.15, -0.1) is 12.6 Å². The van der Waals surface area contributed by atoms with E-state index in [1.165, 1.54) is 29.1 Å². The number of carbonyl (C=O) groups is 1. The molecule has 3 aromatic heterocycles. The van der Waals surface area contributed by atoms with Gasteiger partial charge in [-0.3, -0.25) is 4.79 Å². The predicted molar refractivity (Wildman–Crippen MR) is 96.4 cm³/mol. The molecule has 27 heavy (non-hydrogen) atoms. The first-order valence-corrected chi connectivity index (χ1v) is 8.66. The standard InChI is InChI=1S/C17H15F2N5O2S/c1-24-13-12(14(18)19)10(7-21-15(13)23-17(24)27)26-9-4-5-20-11(6-9)22-16(25)8-2-3-8/h4-8,14H,2-3H2,1H3,(H,20,22,25)(H,21,23,27). The molecule has 0 aromatic carbocycles. The summed E-state index contributed by atoms with van der Waals surface area (Å²) in [7, 11) is 1.58. The second kappa shape index (κ2) is 6.76. The van der Waals surface area contributed by atoms with E-state index in [2.05, 4.69) is 32.9 Å². The highest BCUT2D eigenvalue weighted by Crippen LogP contribution is 2.37. The number of fused-ring (bicyclic) bond motifs is 1. The maximum absolute atomic E-state index is 13.8. The number of ether oxygens (including phenoxy) is 1. The van der Waals surface area contributed by atoms with Crippen LogP contribution in [0.5, 0.6) is 11.5 Å². The molecule has 1 aliphatic rings. The maximum atomic E-state index is 13.8. The SMILES string of the molecule is Cn1c(S)nc2ncc(Oc3ccnc(NC(=O)C4CC4)c3)c(C(F)F)c21. The van der Waals surface area contributed by atoms with Crippen molar-refractivity contribution >= 4 is 35.5 Å². The van der Waals surface area contributed by atoms with Crippen molar-refractivity contribution in [3.63, 3.8) is 0 Å². The number of pyridine rings is 2. The molecule has 10 heteroatoms. The number of alkyl halides is 2. The van der Waals surface area contributed by atoms with Crippen molar-refractivity contribution in [3.05, 3.63) is 30.1 Å². The third-order valence-electron chi connectivity index (χ3n) is 4.25. The van der Waals surface area contributed by atoms with Gasteiger partial charge in [0.2, 0.25) is 5.91 Å². The van der Waals surface area contributed by atoms with E-state index >= 15 is 0 Å². The van der Waals surface area contributed by atoms with Crippen molar-refractivity contribution in [2.24, 2.45) is 13.0 Å². The molecule has 0 unspecified atom stereocenters. The smallest absolute Gasteiger partial charge is 0.269 e. The van der Waals surface area contributed by atoms with E-state index in [4.69, 9.17) is 4.74 Å². The van der Waals surface area contributed by atoms with Crippen molar-refractivity contribution in [1.82, 2.24) is 19.5 Å². The number of rotatable bonds is 5. The van der Waals surface area contributed by atoms with E-state index in [1.807, 2.05) is 0 Å². The van der Waals surface area contributed by atoms with Crippen LogP contribution in [0.1, 0.15) is 24.8 Å². The van der Waals surface area contributed by atoms with Crippen LogP contribution in [0.4, 0.5) is 14.6 Å². The Balaban J connectivity index is 1.68. The van der Waals surface area contributed by atoms with Gasteiger partial charge in [0.15, 0.2) is 16.6 Å². The number of aryl methyl sites for hydroxylation is 1. The number of aromatic nitrogens is 4. The Hall–Kier alpha value is -2.75. The van der Waals surface area contributed by atoms with E-state index < -0.39 is 6.43 Å². The highest BCUT2D eigenvalue weighted by Gasteiger charge is 2.30. The molecule has 140 valence electrons. The number of carbonyl (C=O) groups excluding carboxylic acids is 1. The van der Waals surface area contributed by atoms with Gasteiger partial charge in [-0.1, -0.05) is 0 Å². The minimum absolute atomic E-state index is 0.0219. The molecule has 3 aromatic rings. The molecular weight excluding hydrogens is 376 g/mol. The van der Waals surface area contributed by atoms with Crippen molar-refractivity contribution in [2.75, 3.05) is 5.32 Å². The van der Waals surface area contributed by atoms with E-state index in [0.717, 1.165) is 12.8 Å². The number of nitrogens with one attached hydrogen (secondary N) is 1. The lowest BCUT2D eigenvalue weighted by Gasteiger charge is -2.13. The summed E-state index contributed by atoms with van der Waals surface area (Å²) >= 11 is 4.15. The Morgan fingerprint density at radius 2 is 2.19 bits per heavy atom. The van der Waals surface area contributed by atoms with Gasteiger partial charge in [-0.25, -0.2) is 23.7 Å². The quantitative estimate of drug-likeness (QED) is 0.648. The lowest BCUT2D eigenvalue weighted by molar-refractivity contribution is -0.117. The summed E-state index contributed by atoms with van der Waals surface area (Å²) in [5.74, 6) is 0.378. The third-order valence-corrected chi connectivity index (χ3v) is 4.65. The summed E-state index contributed by atoms with van der Waals surface area (Å²) in [6.07, 6.45) is 1.56. The average molecular weight is 391 g/mol. The number of hydrogen-bond acceptors (Lipinski definition) is 6. The molecule has 0 spiro atoms. The van der Waals surface area contributed by atoms with Crippen molar-refractivity contribution in [2.45, 2.75) is 24.4 Å². The molecule has 0 saturated heterocycles. The number of nitrogens with zero attached hydrogens (tertiary/aromatic N) is 4. The Labute approximate surface area is 158 Å². The first-order chi connectivity index (χ1) is 12.9. The molecule has 1 N–H and O–H groups in total. The molecule has 4 rings (SSSR count). The van der Waals surface area contributed by atoms with E-state index in [0.29, 0.717) is 5.82 Å². The number of imidazole rings is 1. The average Bonchev–Trinajstić information content (AvgIpc) is 3.43. The predicted octanol–water partition coefficient (Wildman–Crippen LogP) is 3.73. The summed E-state index contributed by atoms with van der Waals surface area (Å²) in [6, 6.07) is 2.99. The molecule has 7 nitrogen and oxygen atoms in total. The molecule has 1 aliphatic carbocycles. The van der Waals surface area contributed by atoms with Crippen LogP contribution >= 0.6 is 12.6 Å². The van der Waals surface area contributed by atoms with Crippen LogP contribution in [0.25, 0.3) is 11.2 Å². The fourth-order valence-corrected chi connectivity index (χ4v) is 2.90. The molecule has 3 heterocycles. The van der Waals surface area contributed by atoms with Crippen LogP contribution in [0.15, 0.2) is 29.7 Å². The Kier molecular flexibility index (Phi) is 4.42. The Morgan fingerprint density at radius 1 is 1.41 bits per heavy atom. The van der Waals surface area contributed by atoms with E-state index in [9.17, 15) is 13.6 Å². The number of thiol groups is 1. The van der Waals surface area contributed by atoms with Crippen molar-refractivity contribution < 1.29 is 18.3 Å². The molecule has 1 amide bonds. The summed E-state index contributed by atoms with van der Waals surface area (Å²) < 4.78 is 34.6. The van der Waals surface area contributed by atoms with Gasteiger partial charge in [0.1, 0.15) is 17.1 Å². The summed E-state index contributed by atoms with van der Waals surface area (Å²) in [6.45, 7) is 0. The molecule has 0 bridgehead atoms. The summed E-state index contributed by atoms with van der Waals surface area (Å²) in [5, 5.41) is 2.96. The summed E-state index contributed by atoms with van der Waals surface area (Å²) in [4.78, 5) is 24.0. The second-order valence-electron chi connectivity index (χ2n) is 6.22. The first-order valence-electron chi connectivity index (χ1n) is 8.21. The second-order valence-corrected chi connectivity index (χ2v) is 6.62. The summed E-state index contributed by atoms with van der Waals surface area (Å²) in [5.41, 5.74) is -0.00300. The maximum Gasteiger partial charge on any atom is 0.269 e. The molecule has 0 aliphatic heterocycles. The Bertz CT molecular complexity index is 1040. The Morgan fingerprint density at radius 3 is 2.89 bits per heavy atom. The van der Waals surface area contributed by atoms with Crippen molar-refractivity contribution in [1.29, 1.82) is 0 Å². The van der Waals surface area contributed by atoms with E-state index in [-0.39, 0.29) is 45.2 Å². The highest BCUT2D eigenvalue weighted by atomic mass is 32.1. The van der Waals surface area contributed by atoms with Gasteiger partial charge in [0, 0.05) is 25.2 Å². The number of hydrogen-bond donors (Lipinski definition) is 2. The fourth-order valence-electron chi connectivity index (χ4n) is 2.71. The monoisotopic (exact) mass is 391 g/mol. The zero-order valence-electron chi connectivity index (χ0n) is 14.2. The van der Waals surface area contributed by atoms with Gasteiger partial charge in [-0.2, -0.15) is 0 Å². The number of halogens is 2. The van der Waals surface area contributed by atoms with Crippen LogP contribution < -0.4 is 10.1 Å². The minimum atomic E-state index is -2.80. The number of amides is 1. The van der Waals surface area contributed by atoms with E-state index in [1.54, 1.807) is 7.05 Å². The zero-order chi connectivity index (χ0) is 19.1. The van der Waals surface area contributed by atoms with Gasteiger partial charge < -0.3 is 14.6 Å². The minimum Gasteiger partial charge on any atom is -0.455 e. The molecule has 1 saturated carbocycles. The molecule has 0 radical (unpaired) electrons.